The van der Waals surface area contributed by atoms with Crippen LogP contribution < -0.4 is 0 Å². The number of unbranched alkanes of at least 4 members (excludes halogenated alkanes) is 10. The second-order valence-corrected chi connectivity index (χ2v) is 10.4. The van der Waals surface area contributed by atoms with Crippen molar-refractivity contribution in [1.82, 2.24) is 0 Å². The zero-order valence-electron chi connectivity index (χ0n) is 28.3. The van der Waals surface area contributed by atoms with Crippen molar-refractivity contribution in [2.75, 3.05) is 132 Å². The van der Waals surface area contributed by atoms with E-state index in [1.165, 1.54) is 64.2 Å². The van der Waals surface area contributed by atoms with Crippen LogP contribution in [0.15, 0.2) is 12.7 Å². The average molecular weight is 637 g/mol. The molecule has 0 aliphatic rings. The first kappa shape index (κ1) is 43.3. The molecule has 0 amide bonds. The second kappa shape index (κ2) is 42.3. The fourth-order valence-corrected chi connectivity index (χ4v) is 4.01. The predicted molar refractivity (Wildman–Crippen MR) is 175 cm³/mol. The maximum atomic E-state index is 5.65. The van der Waals surface area contributed by atoms with Crippen molar-refractivity contribution in [2.24, 2.45) is 0 Å². The molecule has 0 fully saturated rings. The van der Waals surface area contributed by atoms with Crippen LogP contribution in [0.2, 0.25) is 0 Å². The van der Waals surface area contributed by atoms with E-state index in [4.69, 9.17) is 47.4 Å². The van der Waals surface area contributed by atoms with E-state index in [0.29, 0.717) is 126 Å². The van der Waals surface area contributed by atoms with Crippen LogP contribution in [0.5, 0.6) is 0 Å². The molecule has 0 N–H and O–H groups in total. The standard InChI is InChI=1S/C34H68O10/c1-3-5-6-7-8-9-10-11-12-13-14-16-36-18-20-38-22-24-40-26-28-42-30-32-44-34-33-43-31-29-41-27-25-39-23-21-37-19-17-35-15-4-2/h4H,2-3,5-34H2,1H3. The van der Waals surface area contributed by atoms with Crippen molar-refractivity contribution >= 4 is 0 Å². The molecule has 0 rings (SSSR count). The minimum absolute atomic E-state index is 0.529. The molecule has 0 aliphatic heterocycles. The number of rotatable bonds is 41. The van der Waals surface area contributed by atoms with Gasteiger partial charge < -0.3 is 47.4 Å². The van der Waals surface area contributed by atoms with Gasteiger partial charge in [-0.25, -0.2) is 0 Å². The van der Waals surface area contributed by atoms with Crippen LogP contribution in [0.4, 0.5) is 0 Å². The number of ether oxygens (including phenoxy) is 10. The Morgan fingerprint density at radius 3 is 0.795 bits per heavy atom. The molecule has 0 radical (unpaired) electrons. The first-order valence-electron chi connectivity index (χ1n) is 17.3. The molecule has 0 aromatic rings. The van der Waals surface area contributed by atoms with Gasteiger partial charge in [0, 0.05) is 6.61 Å². The monoisotopic (exact) mass is 636 g/mol. The van der Waals surface area contributed by atoms with Gasteiger partial charge >= 0.3 is 0 Å². The zero-order valence-corrected chi connectivity index (χ0v) is 28.3. The lowest BCUT2D eigenvalue weighted by atomic mass is 10.1. The molecule has 0 aromatic heterocycles. The largest absolute Gasteiger partial charge is 0.379 e. The van der Waals surface area contributed by atoms with E-state index in [1.807, 2.05) is 0 Å². The third-order valence-corrected chi connectivity index (χ3v) is 6.48. The molecule has 0 heterocycles. The summed E-state index contributed by atoms with van der Waals surface area (Å²) in [6, 6.07) is 0. The van der Waals surface area contributed by atoms with Gasteiger partial charge in [0.1, 0.15) is 0 Å². The number of hydrogen-bond acceptors (Lipinski definition) is 10. The molecular formula is C34H68O10. The lowest BCUT2D eigenvalue weighted by molar-refractivity contribution is -0.0261. The summed E-state index contributed by atoms with van der Waals surface area (Å²) in [5, 5.41) is 0. The van der Waals surface area contributed by atoms with Crippen LogP contribution in [-0.2, 0) is 47.4 Å². The van der Waals surface area contributed by atoms with Crippen molar-refractivity contribution < 1.29 is 47.4 Å². The van der Waals surface area contributed by atoms with Crippen LogP contribution in [0.25, 0.3) is 0 Å². The van der Waals surface area contributed by atoms with E-state index < -0.39 is 0 Å². The number of hydrogen-bond donors (Lipinski definition) is 0. The summed E-state index contributed by atoms with van der Waals surface area (Å²) < 4.78 is 54.7. The average Bonchev–Trinajstić information content (AvgIpc) is 3.04. The molecule has 10 heteroatoms. The highest BCUT2D eigenvalue weighted by molar-refractivity contribution is 4.63. The van der Waals surface area contributed by atoms with E-state index >= 15 is 0 Å². The Balaban J connectivity index is 3.03. The highest BCUT2D eigenvalue weighted by Gasteiger charge is 1.97. The first-order valence-corrected chi connectivity index (χ1v) is 17.3. The lowest BCUT2D eigenvalue weighted by Crippen LogP contribution is -2.15. The summed E-state index contributed by atoms with van der Waals surface area (Å²) in [4.78, 5) is 0. The van der Waals surface area contributed by atoms with E-state index in [9.17, 15) is 0 Å². The maximum Gasteiger partial charge on any atom is 0.0704 e. The van der Waals surface area contributed by atoms with Crippen molar-refractivity contribution in [2.45, 2.75) is 77.6 Å². The molecular weight excluding hydrogens is 568 g/mol. The Kier molecular flexibility index (Phi) is 41.7. The van der Waals surface area contributed by atoms with Gasteiger partial charge in [-0.15, -0.1) is 6.58 Å². The molecule has 0 atom stereocenters. The minimum atomic E-state index is 0.529. The SMILES string of the molecule is C=CCOCCOCCOCCOCCOCCOCCOCCOCCOCCOCCCCCCCCCCCCC. The van der Waals surface area contributed by atoms with Crippen LogP contribution in [0.3, 0.4) is 0 Å². The van der Waals surface area contributed by atoms with Gasteiger partial charge in [-0.1, -0.05) is 77.2 Å². The third-order valence-electron chi connectivity index (χ3n) is 6.48. The summed E-state index contributed by atoms with van der Waals surface area (Å²) in [6.45, 7) is 17.2. The fourth-order valence-electron chi connectivity index (χ4n) is 4.01. The van der Waals surface area contributed by atoms with Crippen LogP contribution in [0, 0.1) is 0 Å². The van der Waals surface area contributed by atoms with Gasteiger partial charge in [-0.05, 0) is 6.42 Å². The van der Waals surface area contributed by atoms with Crippen molar-refractivity contribution in [1.29, 1.82) is 0 Å². The summed E-state index contributed by atoms with van der Waals surface area (Å²) in [5.41, 5.74) is 0. The van der Waals surface area contributed by atoms with Gasteiger partial charge in [0.2, 0.25) is 0 Å². The van der Waals surface area contributed by atoms with Crippen LogP contribution in [-0.4, -0.2) is 132 Å². The lowest BCUT2D eigenvalue weighted by Gasteiger charge is -2.09. The Morgan fingerprint density at radius 1 is 0.295 bits per heavy atom. The van der Waals surface area contributed by atoms with Crippen molar-refractivity contribution in [3.63, 3.8) is 0 Å². The molecule has 0 aliphatic carbocycles. The Morgan fingerprint density at radius 2 is 0.523 bits per heavy atom. The van der Waals surface area contributed by atoms with Gasteiger partial charge in [0.25, 0.3) is 0 Å². The summed E-state index contributed by atoms with van der Waals surface area (Å²) in [5.74, 6) is 0. The van der Waals surface area contributed by atoms with Gasteiger partial charge in [-0.2, -0.15) is 0 Å². The molecule has 44 heavy (non-hydrogen) atoms. The molecule has 264 valence electrons. The predicted octanol–water partition coefficient (Wildman–Crippen LogP) is 5.65. The van der Waals surface area contributed by atoms with Gasteiger partial charge in [0.15, 0.2) is 0 Å². The topological polar surface area (TPSA) is 92.3 Å². The normalized spacial score (nSPS) is 11.5. The summed E-state index contributed by atoms with van der Waals surface area (Å²) >= 11 is 0. The van der Waals surface area contributed by atoms with Gasteiger partial charge in [-0.3, -0.25) is 0 Å². The van der Waals surface area contributed by atoms with E-state index in [1.54, 1.807) is 6.08 Å². The van der Waals surface area contributed by atoms with E-state index in [0.717, 1.165) is 13.0 Å². The molecule has 0 bridgehead atoms. The molecule has 0 aromatic carbocycles. The van der Waals surface area contributed by atoms with E-state index in [-0.39, 0.29) is 0 Å². The van der Waals surface area contributed by atoms with Crippen molar-refractivity contribution in [3.05, 3.63) is 12.7 Å². The summed E-state index contributed by atoms with van der Waals surface area (Å²) in [7, 11) is 0. The molecule has 0 saturated heterocycles. The molecule has 0 spiro atoms. The molecule has 0 unspecified atom stereocenters. The second-order valence-electron chi connectivity index (χ2n) is 10.4. The quantitative estimate of drug-likeness (QED) is 0.0619. The smallest absolute Gasteiger partial charge is 0.0704 e. The Labute approximate surface area is 269 Å². The molecule has 0 saturated carbocycles. The highest BCUT2D eigenvalue weighted by Crippen LogP contribution is 2.11. The summed E-state index contributed by atoms with van der Waals surface area (Å²) in [6.07, 6.45) is 16.6. The third kappa shape index (κ3) is 41.3. The first-order chi connectivity index (χ1) is 21.9. The maximum absolute atomic E-state index is 5.65. The Bertz CT molecular complexity index is 512. The zero-order chi connectivity index (χ0) is 31.7. The highest BCUT2D eigenvalue weighted by atomic mass is 16.6. The Hall–Kier alpha value is -0.660. The fraction of sp³-hybridized carbons (Fsp3) is 0.941. The van der Waals surface area contributed by atoms with Crippen LogP contribution >= 0.6 is 0 Å². The van der Waals surface area contributed by atoms with Crippen LogP contribution in [0.1, 0.15) is 77.6 Å². The van der Waals surface area contributed by atoms with Gasteiger partial charge in [0.05, 0.1) is 126 Å². The molecule has 10 nitrogen and oxygen atoms in total. The minimum Gasteiger partial charge on any atom is -0.379 e. The van der Waals surface area contributed by atoms with Crippen molar-refractivity contribution in [3.8, 4) is 0 Å². The van der Waals surface area contributed by atoms with E-state index in [2.05, 4.69) is 13.5 Å².